The summed E-state index contributed by atoms with van der Waals surface area (Å²) >= 11 is 0. The lowest BCUT2D eigenvalue weighted by atomic mass is 9.73. The Kier molecular flexibility index (Phi) is 12.3. The van der Waals surface area contributed by atoms with Crippen LogP contribution in [0.5, 0.6) is 0 Å². The Morgan fingerprint density at radius 3 is 1.89 bits per heavy atom. The van der Waals surface area contributed by atoms with Crippen molar-refractivity contribution < 1.29 is 32.4 Å². The van der Waals surface area contributed by atoms with E-state index in [2.05, 4.69) is 59.8 Å². The summed E-state index contributed by atoms with van der Waals surface area (Å²) in [4.78, 5) is 77.1. The van der Waals surface area contributed by atoms with Gasteiger partial charge in [-0.15, -0.1) is 6.58 Å². The molecule has 0 aromatic rings. The molecule has 5 amide bonds. The van der Waals surface area contributed by atoms with Gasteiger partial charge >= 0.3 is 10.2 Å². The second-order valence-corrected chi connectivity index (χ2v) is 22.8. The van der Waals surface area contributed by atoms with Crippen LogP contribution in [0.3, 0.4) is 0 Å². The molecular formula is C46H73N7O7S. The molecule has 3 heterocycles. The number of hydrogen-bond donors (Lipinski definition) is 4. The quantitative estimate of drug-likeness (QED) is 0.187. The van der Waals surface area contributed by atoms with Crippen molar-refractivity contribution in [2.45, 2.75) is 185 Å². The monoisotopic (exact) mass is 868 g/mol. The van der Waals surface area contributed by atoms with Crippen LogP contribution < -0.4 is 20.7 Å². The van der Waals surface area contributed by atoms with E-state index >= 15 is 4.79 Å². The highest BCUT2D eigenvalue weighted by Crippen LogP contribution is 2.88. The molecule has 7 atom stereocenters. The van der Waals surface area contributed by atoms with Crippen LogP contribution >= 0.6 is 0 Å². The Labute approximate surface area is 364 Å². The molecule has 1 unspecified atom stereocenters. The SMILES string of the molecule is C=C[C@@H]1C[C@]1(NC(=O)[C@@H]1C[C@@]2(CN1C(=O)[C@@H](NC(=O)C(NC(=O)[C@@H]1CCCCN1C(C)C)C1CCCCC1)C1CCCC1)C(C)(C)C21CCC1)C(=O)NS(=O)(=O)N1CCCC1. The van der Waals surface area contributed by atoms with Crippen LogP contribution in [0, 0.1) is 34.0 Å². The van der Waals surface area contributed by atoms with Crippen molar-refractivity contribution in [3.8, 4) is 0 Å². The molecule has 3 saturated heterocycles. The molecule has 61 heavy (non-hydrogen) atoms. The van der Waals surface area contributed by atoms with Crippen molar-refractivity contribution >= 4 is 39.7 Å². The Hall–Kier alpha value is -3.04. The van der Waals surface area contributed by atoms with E-state index in [9.17, 15) is 27.6 Å². The number of nitrogens with one attached hydrogen (secondary N) is 4. The summed E-state index contributed by atoms with van der Waals surface area (Å²) in [5.74, 6) is -2.64. The number of carbonyl (C=O) groups excluding carboxylic acids is 5. The maximum absolute atomic E-state index is 15.4. The molecule has 2 spiro atoms. The van der Waals surface area contributed by atoms with Crippen LogP contribution in [0.4, 0.5) is 0 Å². The zero-order chi connectivity index (χ0) is 43.5. The molecule has 4 N–H and O–H groups in total. The fraction of sp³-hybridized carbons (Fsp3) is 0.848. The molecular weight excluding hydrogens is 795 g/mol. The summed E-state index contributed by atoms with van der Waals surface area (Å²) in [5, 5.41) is 9.51. The van der Waals surface area contributed by atoms with Gasteiger partial charge in [-0.25, -0.2) is 4.72 Å². The highest BCUT2D eigenvalue weighted by atomic mass is 32.2. The number of nitrogens with zero attached hydrogens (tertiary/aromatic N) is 3. The third-order valence-corrected chi connectivity index (χ3v) is 19.2. The van der Waals surface area contributed by atoms with E-state index in [1.807, 2.05) is 0 Å². The van der Waals surface area contributed by atoms with Gasteiger partial charge in [0.15, 0.2) is 0 Å². The van der Waals surface area contributed by atoms with Gasteiger partial charge in [0.05, 0.1) is 6.04 Å². The van der Waals surface area contributed by atoms with Crippen LogP contribution in [-0.2, 0) is 34.2 Å². The predicted octanol–water partition coefficient (Wildman–Crippen LogP) is 4.30. The van der Waals surface area contributed by atoms with E-state index in [-0.39, 0.29) is 64.3 Å². The predicted molar refractivity (Wildman–Crippen MR) is 232 cm³/mol. The average molecular weight is 868 g/mol. The van der Waals surface area contributed by atoms with Crippen molar-refractivity contribution in [3.05, 3.63) is 12.7 Å². The molecule has 8 aliphatic rings. The normalized spacial score (nSPS) is 33.5. The van der Waals surface area contributed by atoms with Crippen LogP contribution in [0.1, 0.15) is 150 Å². The van der Waals surface area contributed by atoms with Crippen molar-refractivity contribution in [2.24, 2.45) is 34.0 Å². The fourth-order valence-corrected chi connectivity index (χ4v) is 14.9. The van der Waals surface area contributed by atoms with E-state index < -0.39 is 51.6 Å². The fourth-order valence-electron chi connectivity index (χ4n) is 13.7. The van der Waals surface area contributed by atoms with Gasteiger partial charge in [-0.1, -0.05) is 64.9 Å². The molecule has 0 bridgehead atoms. The zero-order valence-corrected chi connectivity index (χ0v) is 38.1. The summed E-state index contributed by atoms with van der Waals surface area (Å²) in [6, 6.07) is -2.68. The number of hydrogen-bond acceptors (Lipinski definition) is 8. The molecule has 14 nitrogen and oxygen atoms in total. The van der Waals surface area contributed by atoms with Crippen molar-refractivity contribution in [3.63, 3.8) is 0 Å². The number of rotatable bonds is 14. The summed E-state index contributed by atoms with van der Waals surface area (Å²) in [5.41, 5.74) is -1.94. The van der Waals surface area contributed by atoms with Crippen molar-refractivity contribution in [2.75, 3.05) is 26.2 Å². The van der Waals surface area contributed by atoms with Crippen LogP contribution in [0.15, 0.2) is 12.7 Å². The molecule has 0 aromatic heterocycles. The highest BCUT2D eigenvalue weighted by Gasteiger charge is 2.85. The first-order valence-corrected chi connectivity index (χ1v) is 25.4. The van der Waals surface area contributed by atoms with Gasteiger partial charge < -0.3 is 20.9 Å². The number of likely N-dealkylation sites (tertiary alicyclic amines) is 2. The molecule has 5 aliphatic carbocycles. The molecule has 0 aromatic carbocycles. The summed E-state index contributed by atoms with van der Waals surface area (Å²) < 4.78 is 30.0. The van der Waals surface area contributed by atoms with Gasteiger partial charge in [0.1, 0.15) is 23.7 Å². The number of amides is 5. The maximum atomic E-state index is 15.4. The lowest BCUT2D eigenvalue weighted by molar-refractivity contribution is -0.144. The molecule has 3 aliphatic heterocycles. The minimum atomic E-state index is -4.10. The topological polar surface area (TPSA) is 177 Å². The van der Waals surface area contributed by atoms with Gasteiger partial charge in [0.25, 0.3) is 5.91 Å². The first-order valence-electron chi connectivity index (χ1n) is 24.0. The average Bonchev–Trinajstić information content (AvgIpc) is 3.65. The third-order valence-electron chi connectivity index (χ3n) is 17.7. The Balaban J connectivity index is 1.06. The Morgan fingerprint density at radius 2 is 1.31 bits per heavy atom. The van der Waals surface area contributed by atoms with Crippen LogP contribution in [0.2, 0.25) is 0 Å². The van der Waals surface area contributed by atoms with E-state index in [0.717, 1.165) is 103 Å². The summed E-state index contributed by atoms with van der Waals surface area (Å²) in [7, 11) is -4.10. The smallest absolute Gasteiger partial charge is 0.303 e. The largest absolute Gasteiger partial charge is 0.343 e. The van der Waals surface area contributed by atoms with Gasteiger partial charge in [-0.05, 0) is 120 Å². The molecule has 8 rings (SSSR count). The van der Waals surface area contributed by atoms with Crippen LogP contribution in [0.25, 0.3) is 0 Å². The molecule has 0 radical (unpaired) electrons. The zero-order valence-electron chi connectivity index (χ0n) is 37.3. The minimum Gasteiger partial charge on any atom is -0.343 e. The number of carbonyl (C=O) groups is 5. The first-order chi connectivity index (χ1) is 29.0. The summed E-state index contributed by atoms with van der Waals surface area (Å²) in [6.45, 7) is 14.5. The van der Waals surface area contributed by atoms with E-state index in [4.69, 9.17) is 0 Å². The molecule has 8 fully saturated rings. The maximum Gasteiger partial charge on any atom is 0.303 e. The van der Waals surface area contributed by atoms with Crippen LogP contribution in [-0.4, -0.2) is 114 Å². The standard InChI is InChI=1S/C46H73N7O7S/c1-6-33-27-46(33,42(58)50-61(59,60)51-24-14-15-25-51)49-39(55)35-28-45(43(4,5)44(45)22-16-23-44)29-53(35)41(57)37(32-19-10-11-20-32)48-40(56)36(31-17-8-7-9-18-31)47-38(54)34-21-12-13-26-52(34)30(2)3/h6,30-37H,1,7-29H2,2-5H3,(H,47,54)(H,48,56)(H,49,55)(H,50,58)/t33-,34+,35+,36?,37+,45-,46-/m1/s1. The van der Waals surface area contributed by atoms with Gasteiger partial charge in [0, 0.05) is 37.0 Å². The molecule has 15 heteroatoms. The minimum absolute atomic E-state index is 0.00110. The van der Waals surface area contributed by atoms with Gasteiger partial charge in [-0.3, -0.25) is 28.9 Å². The molecule has 5 saturated carbocycles. The highest BCUT2D eigenvalue weighted by molar-refractivity contribution is 7.87. The number of piperidine rings is 1. The van der Waals surface area contributed by atoms with E-state index in [0.29, 0.717) is 38.9 Å². The summed E-state index contributed by atoms with van der Waals surface area (Å²) in [6.07, 6.45) is 17.7. The lowest BCUT2D eigenvalue weighted by Crippen LogP contribution is -2.62. The lowest BCUT2D eigenvalue weighted by Gasteiger charge is -2.39. The van der Waals surface area contributed by atoms with Crippen molar-refractivity contribution in [1.82, 2.24) is 34.8 Å². The van der Waals surface area contributed by atoms with Gasteiger partial charge in [0.2, 0.25) is 23.6 Å². The second-order valence-electron chi connectivity index (χ2n) is 21.1. The third kappa shape index (κ3) is 7.65. The second kappa shape index (κ2) is 16.8. The Bertz CT molecular complexity index is 1850. The Morgan fingerprint density at radius 1 is 0.705 bits per heavy atom. The molecule has 340 valence electrons. The van der Waals surface area contributed by atoms with E-state index in [1.165, 1.54) is 4.31 Å². The van der Waals surface area contributed by atoms with E-state index in [1.54, 1.807) is 11.0 Å². The van der Waals surface area contributed by atoms with Crippen molar-refractivity contribution in [1.29, 1.82) is 0 Å². The van der Waals surface area contributed by atoms with Gasteiger partial charge in [-0.2, -0.15) is 12.7 Å². The first kappa shape index (κ1) is 44.6. The number of fused-ring (bicyclic) bond motifs is 1.